The zero-order valence-corrected chi connectivity index (χ0v) is 20.2. The predicted molar refractivity (Wildman–Crippen MR) is 128 cm³/mol. The monoisotopic (exact) mass is 484 g/mol. The highest BCUT2D eigenvalue weighted by Gasteiger charge is 2.13. The average Bonchev–Trinajstić information content (AvgIpc) is 2.78. The van der Waals surface area contributed by atoms with E-state index in [1.165, 1.54) is 12.1 Å². The van der Waals surface area contributed by atoms with Crippen LogP contribution in [0.3, 0.4) is 0 Å². The van der Waals surface area contributed by atoms with Crippen molar-refractivity contribution >= 4 is 15.8 Å². The summed E-state index contributed by atoms with van der Waals surface area (Å²) in [6.45, 7) is 2.46. The maximum absolute atomic E-state index is 12.4. The Bertz CT molecular complexity index is 1190. The van der Waals surface area contributed by atoms with Crippen molar-refractivity contribution in [3.63, 3.8) is 0 Å². The van der Waals surface area contributed by atoms with Crippen LogP contribution in [0.25, 0.3) is 0 Å². The van der Waals surface area contributed by atoms with Crippen molar-refractivity contribution in [2.24, 2.45) is 0 Å². The van der Waals surface area contributed by atoms with Gasteiger partial charge in [0.15, 0.2) is 9.84 Å². The second-order valence-corrected chi connectivity index (χ2v) is 9.88. The number of hydrogen-bond acceptors (Lipinski definition) is 7. The molecule has 0 saturated heterocycles. The van der Waals surface area contributed by atoms with Crippen molar-refractivity contribution in [1.82, 2.24) is 0 Å². The molecule has 3 aromatic rings. The number of sulfone groups is 1. The third-order valence-electron chi connectivity index (χ3n) is 4.76. The van der Waals surface area contributed by atoms with Crippen LogP contribution in [0, 0.1) is 0 Å². The van der Waals surface area contributed by atoms with Gasteiger partial charge in [-0.15, -0.1) is 0 Å². The van der Waals surface area contributed by atoms with Crippen molar-refractivity contribution < 1.29 is 32.2 Å². The van der Waals surface area contributed by atoms with Gasteiger partial charge in [-0.05, 0) is 54.4 Å². The lowest BCUT2D eigenvalue weighted by Crippen LogP contribution is -2.18. The molecule has 34 heavy (non-hydrogen) atoms. The van der Waals surface area contributed by atoms with Gasteiger partial charge in [-0.1, -0.05) is 30.3 Å². The second-order valence-electron chi connectivity index (χ2n) is 7.87. The summed E-state index contributed by atoms with van der Waals surface area (Å²) in [6.07, 6.45) is 0.965. The van der Waals surface area contributed by atoms with Gasteiger partial charge >= 0.3 is 5.97 Å². The smallest absolute Gasteiger partial charge is 0.310 e. The standard InChI is InChI=1S/C26H28O7S/c1-19(17-30-2)32-23-13-21(15-26(27)31-18-20-7-5-4-6-8-20)14-24(16-23)33-22-9-11-25(12-10-22)34(3,28)29/h4-14,16,19H,15,17-18H2,1-3H3/t19-/m0/s1. The molecular formula is C26H28O7S. The van der Waals surface area contributed by atoms with E-state index in [2.05, 4.69) is 0 Å². The maximum Gasteiger partial charge on any atom is 0.310 e. The summed E-state index contributed by atoms with van der Waals surface area (Å²) in [5.41, 5.74) is 1.56. The van der Waals surface area contributed by atoms with E-state index in [4.69, 9.17) is 18.9 Å². The van der Waals surface area contributed by atoms with E-state index in [9.17, 15) is 13.2 Å². The van der Waals surface area contributed by atoms with Gasteiger partial charge in [-0.3, -0.25) is 4.79 Å². The first-order valence-electron chi connectivity index (χ1n) is 10.7. The molecule has 3 aromatic carbocycles. The van der Waals surface area contributed by atoms with E-state index < -0.39 is 9.84 Å². The predicted octanol–water partition coefficient (Wildman–Crippen LogP) is 4.58. The number of hydrogen-bond donors (Lipinski definition) is 0. The Labute approximate surface area is 200 Å². The molecule has 0 radical (unpaired) electrons. The summed E-state index contributed by atoms with van der Waals surface area (Å²) in [4.78, 5) is 12.6. The highest BCUT2D eigenvalue weighted by molar-refractivity contribution is 7.90. The number of esters is 1. The van der Waals surface area contributed by atoms with Crippen LogP contribution in [0.15, 0.2) is 77.7 Å². The van der Waals surface area contributed by atoms with Crippen LogP contribution < -0.4 is 9.47 Å². The fraction of sp³-hybridized carbons (Fsp3) is 0.269. The number of carbonyl (C=O) groups excluding carboxylic acids is 1. The Balaban J connectivity index is 1.76. The Hall–Kier alpha value is -3.36. The Morgan fingerprint density at radius 3 is 2.21 bits per heavy atom. The molecular weight excluding hydrogens is 456 g/mol. The molecule has 3 rings (SSSR count). The first-order valence-corrected chi connectivity index (χ1v) is 12.6. The number of ether oxygens (including phenoxy) is 4. The third-order valence-corrected chi connectivity index (χ3v) is 5.89. The molecule has 8 heteroatoms. The van der Waals surface area contributed by atoms with Crippen molar-refractivity contribution in [1.29, 1.82) is 0 Å². The van der Waals surface area contributed by atoms with Crippen LogP contribution in [0.5, 0.6) is 17.2 Å². The van der Waals surface area contributed by atoms with E-state index >= 15 is 0 Å². The number of carbonyl (C=O) groups is 1. The van der Waals surface area contributed by atoms with Crippen LogP contribution in [0.2, 0.25) is 0 Å². The van der Waals surface area contributed by atoms with Crippen LogP contribution in [0.1, 0.15) is 18.1 Å². The van der Waals surface area contributed by atoms with Gasteiger partial charge in [0.1, 0.15) is 30.0 Å². The van der Waals surface area contributed by atoms with Gasteiger partial charge in [-0.25, -0.2) is 8.42 Å². The number of methoxy groups -OCH3 is 1. The highest BCUT2D eigenvalue weighted by atomic mass is 32.2. The minimum Gasteiger partial charge on any atom is -0.488 e. The lowest BCUT2D eigenvalue weighted by atomic mass is 10.1. The zero-order chi connectivity index (χ0) is 24.6. The molecule has 0 aliphatic rings. The first-order chi connectivity index (χ1) is 16.2. The molecule has 0 aliphatic carbocycles. The second kappa shape index (κ2) is 11.7. The van der Waals surface area contributed by atoms with Gasteiger partial charge in [0, 0.05) is 19.4 Å². The average molecular weight is 485 g/mol. The van der Waals surface area contributed by atoms with E-state index in [-0.39, 0.29) is 30.0 Å². The molecule has 0 heterocycles. The normalized spacial score (nSPS) is 12.1. The van der Waals surface area contributed by atoms with E-state index in [1.807, 2.05) is 37.3 Å². The molecule has 1 atom stereocenters. The zero-order valence-electron chi connectivity index (χ0n) is 19.4. The quantitative estimate of drug-likeness (QED) is 0.368. The molecule has 0 N–H and O–H groups in total. The molecule has 0 spiro atoms. The minimum absolute atomic E-state index is 0.0338. The van der Waals surface area contributed by atoms with Crippen molar-refractivity contribution in [3.8, 4) is 17.2 Å². The fourth-order valence-corrected chi connectivity index (χ4v) is 3.84. The van der Waals surface area contributed by atoms with Gasteiger partial charge in [0.2, 0.25) is 0 Å². The van der Waals surface area contributed by atoms with E-state index in [1.54, 1.807) is 37.4 Å². The fourth-order valence-electron chi connectivity index (χ4n) is 3.21. The van der Waals surface area contributed by atoms with Crippen molar-refractivity contribution in [2.45, 2.75) is 31.0 Å². The highest BCUT2D eigenvalue weighted by Crippen LogP contribution is 2.29. The Kier molecular flexibility index (Phi) is 8.67. The molecule has 0 saturated carbocycles. The topological polar surface area (TPSA) is 88.1 Å². The van der Waals surface area contributed by atoms with Crippen LogP contribution in [0.4, 0.5) is 0 Å². The molecule has 0 fully saturated rings. The summed E-state index contributed by atoms with van der Waals surface area (Å²) < 4.78 is 45.7. The van der Waals surface area contributed by atoms with Gasteiger partial charge in [0.25, 0.3) is 0 Å². The lowest BCUT2D eigenvalue weighted by Gasteiger charge is -2.16. The van der Waals surface area contributed by atoms with Gasteiger partial charge in [0.05, 0.1) is 17.9 Å². The van der Waals surface area contributed by atoms with Gasteiger partial charge in [-0.2, -0.15) is 0 Å². The third kappa shape index (κ3) is 7.90. The summed E-state index contributed by atoms with van der Waals surface area (Å²) >= 11 is 0. The van der Waals surface area contributed by atoms with Crippen LogP contribution in [-0.2, 0) is 37.1 Å². The summed E-state index contributed by atoms with van der Waals surface area (Å²) in [7, 11) is -1.71. The summed E-state index contributed by atoms with van der Waals surface area (Å²) in [6, 6.07) is 20.7. The summed E-state index contributed by atoms with van der Waals surface area (Å²) in [5, 5.41) is 0. The number of rotatable bonds is 11. The van der Waals surface area contributed by atoms with Crippen molar-refractivity contribution in [2.75, 3.05) is 20.0 Å². The lowest BCUT2D eigenvalue weighted by molar-refractivity contribution is -0.144. The molecule has 0 bridgehead atoms. The molecule has 0 unspecified atom stereocenters. The number of benzene rings is 3. The molecule has 0 aromatic heterocycles. The Morgan fingerprint density at radius 2 is 1.56 bits per heavy atom. The molecule has 0 amide bonds. The van der Waals surface area contributed by atoms with Crippen molar-refractivity contribution in [3.05, 3.63) is 83.9 Å². The summed E-state index contributed by atoms with van der Waals surface area (Å²) in [5.74, 6) is 1.03. The van der Waals surface area contributed by atoms with Crippen LogP contribution >= 0.6 is 0 Å². The first kappa shape index (κ1) is 25.3. The largest absolute Gasteiger partial charge is 0.488 e. The van der Waals surface area contributed by atoms with Gasteiger partial charge < -0.3 is 18.9 Å². The maximum atomic E-state index is 12.4. The van der Waals surface area contributed by atoms with Crippen LogP contribution in [-0.4, -0.2) is 40.5 Å². The van der Waals surface area contributed by atoms with E-state index in [0.717, 1.165) is 11.8 Å². The molecule has 7 nitrogen and oxygen atoms in total. The SMILES string of the molecule is COC[C@H](C)Oc1cc(CC(=O)OCc2ccccc2)cc(Oc2ccc(S(C)(=O)=O)cc2)c1. The molecule has 0 aliphatic heterocycles. The Morgan fingerprint density at radius 1 is 0.882 bits per heavy atom. The minimum atomic E-state index is -3.30. The van der Waals surface area contributed by atoms with E-state index in [0.29, 0.717) is 29.4 Å². The molecule has 180 valence electrons.